The molecule has 130 valence electrons. The Bertz CT molecular complexity index is 641. The van der Waals surface area contributed by atoms with Gasteiger partial charge in [-0.25, -0.2) is 4.98 Å². The molecule has 6 nitrogen and oxygen atoms in total. The number of piperidine rings is 1. The normalized spacial score (nSPS) is 29.8. The van der Waals surface area contributed by atoms with Crippen LogP contribution in [-0.4, -0.2) is 65.5 Å². The number of carbonyl (C=O) groups excluding carboxylic acids is 2. The van der Waals surface area contributed by atoms with Crippen LogP contribution in [0.25, 0.3) is 0 Å². The lowest BCUT2D eigenvalue weighted by molar-refractivity contribution is -0.139. The summed E-state index contributed by atoms with van der Waals surface area (Å²) in [4.78, 5) is 33.8. The van der Waals surface area contributed by atoms with Crippen molar-refractivity contribution in [3.8, 4) is 0 Å². The molecule has 0 aliphatic carbocycles. The van der Waals surface area contributed by atoms with E-state index in [2.05, 4.69) is 4.98 Å². The van der Waals surface area contributed by atoms with Crippen LogP contribution in [0.3, 0.4) is 0 Å². The van der Waals surface area contributed by atoms with Gasteiger partial charge in [0.2, 0.25) is 5.91 Å². The molecule has 0 unspecified atom stereocenters. The number of fused-ring (bicyclic) bond motifs is 1. The van der Waals surface area contributed by atoms with E-state index in [9.17, 15) is 9.59 Å². The Morgan fingerprint density at radius 1 is 1.25 bits per heavy atom. The average molecular weight is 349 g/mol. The number of ether oxygens (including phenoxy) is 1. The third-order valence-electron chi connectivity index (χ3n) is 5.46. The number of hydrogen-bond donors (Lipinski definition) is 0. The first-order chi connectivity index (χ1) is 11.6. The summed E-state index contributed by atoms with van der Waals surface area (Å²) in [6.07, 6.45) is 3.08. The van der Waals surface area contributed by atoms with Gasteiger partial charge in [0, 0.05) is 44.1 Å². The van der Waals surface area contributed by atoms with E-state index >= 15 is 0 Å². The van der Waals surface area contributed by atoms with Crippen LogP contribution in [-0.2, 0) is 9.53 Å². The first kappa shape index (κ1) is 16.0. The van der Waals surface area contributed by atoms with Crippen LogP contribution >= 0.6 is 11.3 Å². The van der Waals surface area contributed by atoms with E-state index in [0.29, 0.717) is 25.4 Å². The lowest BCUT2D eigenvalue weighted by Gasteiger charge is -2.40. The molecular weight excluding hydrogens is 326 g/mol. The van der Waals surface area contributed by atoms with Gasteiger partial charge < -0.3 is 14.5 Å². The number of hydrogen-bond acceptors (Lipinski definition) is 5. The number of thiazole rings is 1. The Labute approximate surface area is 145 Å². The van der Waals surface area contributed by atoms with Gasteiger partial charge in [-0.3, -0.25) is 9.59 Å². The van der Waals surface area contributed by atoms with E-state index in [1.165, 1.54) is 11.3 Å². The third-order valence-corrected chi connectivity index (χ3v) is 6.23. The first-order valence-electron chi connectivity index (χ1n) is 8.75. The van der Waals surface area contributed by atoms with Crippen LogP contribution in [0.1, 0.15) is 34.8 Å². The molecule has 3 aliphatic rings. The van der Waals surface area contributed by atoms with Crippen molar-refractivity contribution in [1.29, 1.82) is 0 Å². The quantitative estimate of drug-likeness (QED) is 0.813. The summed E-state index contributed by atoms with van der Waals surface area (Å²) in [6.45, 7) is 5.36. The van der Waals surface area contributed by atoms with E-state index in [-0.39, 0.29) is 29.8 Å². The molecule has 3 fully saturated rings. The summed E-state index contributed by atoms with van der Waals surface area (Å²) in [5.74, 6) is 0.250. The Kier molecular flexibility index (Phi) is 4.30. The largest absolute Gasteiger partial charge is 0.376 e. The second kappa shape index (κ2) is 6.44. The van der Waals surface area contributed by atoms with Gasteiger partial charge in [-0.05, 0) is 26.2 Å². The Balaban J connectivity index is 1.54. The summed E-state index contributed by atoms with van der Waals surface area (Å²) in [5, 5.41) is 2.69. The highest BCUT2D eigenvalue weighted by atomic mass is 32.1. The van der Waals surface area contributed by atoms with Gasteiger partial charge in [0.15, 0.2) is 0 Å². The van der Waals surface area contributed by atoms with Gasteiger partial charge in [0.25, 0.3) is 5.91 Å². The fraction of sp³-hybridized carbons (Fsp3) is 0.706. The molecule has 1 aromatic rings. The van der Waals surface area contributed by atoms with Crippen molar-refractivity contribution < 1.29 is 14.3 Å². The predicted molar refractivity (Wildman–Crippen MR) is 89.9 cm³/mol. The standard InChI is InChI=1S/C17H23N3O3S/c1-11-18-14(10-24-11)17(22)20-8-13(12-4-7-23-15(12)9-20)16(21)19-5-2-3-6-19/h10,12-13,15H,2-9H2,1H3/t12-,13+,15+/m0/s1. The highest BCUT2D eigenvalue weighted by molar-refractivity contribution is 7.09. The van der Waals surface area contributed by atoms with Crippen LogP contribution in [0.5, 0.6) is 0 Å². The van der Waals surface area contributed by atoms with Gasteiger partial charge in [0.05, 0.1) is 17.0 Å². The molecule has 2 amide bonds. The number of aryl methyl sites for hydroxylation is 1. The van der Waals surface area contributed by atoms with Crippen molar-refractivity contribution in [2.75, 3.05) is 32.8 Å². The molecule has 4 rings (SSSR count). The first-order valence-corrected chi connectivity index (χ1v) is 9.63. The zero-order valence-corrected chi connectivity index (χ0v) is 14.8. The van der Waals surface area contributed by atoms with Crippen molar-refractivity contribution in [3.05, 3.63) is 16.1 Å². The number of carbonyl (C=O) groups is 2. The summed E-state index contributed by atoms with van der Waals surface area (Å²) in [7, 11) is 0. The molecular formula is C17H23N3O3S. The molecule has 0 aromatic carbocycles. The highest BCUT2D eigenvalue weighted by Gasteiger charge is 2.46. The maximum Gasteiger partial charge on any atom is 0.273 e. The smallest absolute Gasteiger partial charge is 0.273 e. The zero-order chi connectivity index (χ0) is 16.7. The monoisotopic (exact) mass is 349 g/mol. The van der Waals surface area contributed by atoms with Crippen LogP contribution in [0, 0.1) is 18.8 Å². The summed E-state index contributed by atoms with van der Waals surface area (Å²) in [6, 6.07) is 0. The maximum atomic E-state index is 13.0. The van der Waals surface area contributed by atoms with Crippen molar-refractivity contribution in [1.82, 2.24) is 14.8 Å². The van der Waals surface area contributed by atoms with Gasteiger partial charge in [-0.1, -0.05) is 0 Å². The molecule has 0 radical (unpaired) electrons. The van der Waals surface area contributed by atoms with Gasteiger partial charge >= 0.3 is 0 Å². The second-order valence-corrected chi connectivity index (χ2v) is 8.02. The average Bonchev–Trinajstić information content (AvgIpc) is 3.33. The minimum atomic E-state index is -0.131. The van der Waals surface area contributed by atoms with Gasteiger partial charge in [-0.15, -0.1) is 11.3 Å². The Hall–Kier alpha value is -1.47. The summed E-state index contributed by atoms with van der Waals surface area (Å²) >= 11 is 1.48. The predicted octanol–water partition coefficient (Wildman–Crippen LogP) is 1.55. The zero-order valence-electron chi connectivity index (χ0n) is 13.9. The lowest BCUT2D eigenvalue weighted by Crippen LogP contribution is -2.54. The summed E-state index contributed by atoms with van der Waals surface area (Å²) < 4.78 is 5.84. The molecule has 4 heterocycles. The fourth-order valence-electron chi connectivity index (χ4n) is 4.20. The number of amides is 2. The van der Waals surface area contributed by atoms with Crippen LogP contribution in [0.2, 0.25) is 0 Å². The molecule has 0 N–H and O–H groups in total. The number of nitrogens with zero attached hydrogens (tertiary/aromatic N) is 3. The Morgan fingerprint density at radius 2 is 2.04 bits per heavy atom. The molecule has 0 bridgehead atoms. The molecule has 0 spiro atoms. The van der Waals surface area contributed by atoms with Gasteiger partial charge in [-0.2, -0.15) is 0 Å². The SMILES string of the molecule is Cc1nc(C(=O)N2C[C@H]3OCC[C@H]3[C@H](C(=O)N3CCCC3)C2)cs1. The van der Waals surface area contributed by atoms with E-state index in [1.807, 2.05) is 11.8 Å². The van der Waals surface area contributed by atoms with Gasteiger partial charge in [0.1, 0.15) is 5.69 Å². The topological polar surface area (TPSA) is 62.7 Å². The van der Waals surface area contributed by atoms with Crippen molar-refractivity contribution in [2.24, 2.45) is 11.8 Å². The molecule has 1 aromatic heterocycles. The van der Waals surface area contributed by atoms with Crippen LogP contribution in [0.15, 0.2) is 5.38 Å². The summed E-state index contributed by atoms with van der Waals surface area (Å²) in [5.41, 5.74) is 0.487. The van der Waals surface area contributed by atoms with Crippen molar-refractivity contribution >= 4 is 23.2 Å². The van der Waals surface area contributed by atoms with Crippen molar-refractivity contribution in [3.63, 3.8) is 0 Å². The molecule has 0 saturated carbocycles. The van der Waals surface area contributed by atoms with Crippen LogP contribution in [0.4, 0.5) is 0 Å². The molecule has 24 heavy (non-hydrogen) atoms. The maximum absolute atomic E-state index is 13.0. The number of rotatable bonds is 2. The third kappa shape index (κ3) is 2.84. The fourth-order valence-corrected chi connectivity index (χ4v) is 4.79. The second-order valence-electron chi connectivity index (χ2n) is 6.96. The minimum absolute atomic E-state index is 0.0148. The molecule has 3 saturated heterocycles. The van der Waals surface area contributed by atoms with E-state index in [1.54, 1.807) is 10.3 Å². The minimum Gasteiger partial charge on any atom is -0.376 e. The highest BCUT2D eigenvalue weighted by Crippen LogP contribution is 2.35. The molecule has 7 heteroatoms. The van der Waals surface area contributed by atoms with E-state index in [4.69, 9.17) is 4.74 Å². The van der Waals surface area contributed by atoms with E-state index in [0.717, 1.165) is 37.4 Å². The van der Waals surface area contributed by atoms with Crippen molar-refractivity contribution in [2.45, 2.75) is 32.3 Å². The number of aromatic nitrogens is 1. The van der Waals surface area contributed by atoms with Crippen LogP contribution < -0.4 is 0 Å². The Morgan fingerprint density at radius 3 is 2.75 bits per heavy atom. The number of likely N-dealkylation sites (tertiary alicyclic amines) is 2. The molecule has 3 atom stereocenters. The molecule has 3 aliphatic heterocycles. The van der Waals surface area contributed by atoms with E-state index < -0.39 is 0 Å². The lowest BCUT2D eigenvalue weighted by atomic mass is 9.81.